The molecule has 0 radical (unpaired) electrons. The topological polar surface area (TPSA) is 31.4 Å². The van der Waals surface area contributed by atoms with Gasteiger partial charge in [-0.15, -0.1) is 0 Å². The summed E-state index contributed by atoms with van der Waals surface area (Å²) in [7, 11) is 1.87. The lowest BCUT2D eigenvalue weighted by molar-refractivity contribution is -0.146. The summed E-state index contributed by atoms with van der Waals surface area (Å²) in [6.07, 6.45) is -2.38. The Morgan fingerprint density at radius 2 is 1.95 bits per heavy atom. The van der Waals surface area contributed by atoms with Gasteiger partial charge in [-0.05, 0) is 24.7 Å². The van der Waals surface area contributed by atoms with Crippen LogP contribution in [0.4, 0.5) is 19.0 Å². The SMILES string of the molecule is CNCc1ccnc(N2CCN(CC(F)(F)F)CC2)c1. The molecule has 2 heterocycles. The average molecular weight is 288 g/mol. The molecule has 7 heteroatoms. The van der Waals surface area contributed by atoms with Crippen molar-refractivity contribution in [1.82, 2.24) is 15.2 Å². The minimum absolute atomic E-state index is 0.414. The van der Waals surface area contributed by atoms with Gasteiger partial charge in [-0.3, -0.25) is 4.90 Å². The smallest absolute Gasteiger partial charge is 0.354 e. The van der Waals surface area contributed by atoms with Gasteiger partial charge in [0.1, 0.15) is 5.82 Å². The number of rotatable bonds is 4. The number of hydrogen-bond donors (Lipinski definition) is 1. The molecule has 4 nitrogen and oxygen atoms in total. The predicted octanol–water partition coefficient (Wildman–Crippen LogP) is 1.49. The zero-order valence-corrected chi connectivity index (χ0v) is 11.5. The number of anilines is 1. The molecule has 0 amide bonds. The fourth-order valence-corrected chi connectivity index (χ4v) is 2.34. The molecule has 1 aromatic rings. The molecular weight excluding hydrogens is 269 g/mol. The fourth-order valence-electron chi connectivity index (χ4n) is 2.34. The highest BCUT2D eigenvalue weighted by atomic mass is 19.4. The lowest BCUT2D eigenvalue weighted by atomic mass is 10.2. The zero-order valence-electron chi connectivity index (χ0n) is 11.5. The zero-order chi connectivity index (χ0) is 14.6. The van der Waals surface area contributed by atoms with Crippen LogP contribution in [0.1, 0.15) is 5.56 Å². The quantitative estimate of drug-likeness (QED) is 0.909. The first-order valence-corrected chi connectivity index (χ1v) is 6.61. The Kier molecular flexibility index (Phi) is 4.82. The van der Waals surface area contributed by atoms with Crippen LogP contribution < -0.4 is 10.2 Å². The van der Waals surface area contributed by atoms with E-state index < -0.39 is 12.7 Å². The van der Waals surface area contributed by atoms with E-state index in [1.54, 1.807) is 6.20 Å². The first-order chi connectivity index (χ1) is 9.48. The Hall–Kier alpha value is -1.34. The summed E-state index contributed by atoms with van der Waals surface area (Å²) in [6, 6.07) is 3.91. The lowest BCUT2D eigenvalue weighted by Gasteiger charge is -2.35. The number of piperazine rings is 1. The Morgan fingerprint density at radius 1 is 1.25 bits per heavy atom. The van der Waals surface area contributed by atoms with Crippen LogP contribution in [-0.2, 0) is 6.54 Å². The number of aromatic nitrogens is 1. The molecule has 0 aliphatic carbocycles. The summed E-state index contributed by atoms with van der Waals surface area (Å²) in [5, 5.41) is 3.07. The highest BCUT2D eigenvalue weighted by molar-refractivity contribution is 5.41. The summed E-state index contributed by atoms with van der Waals surface area (Å²) in [6.45, 7) is 1.91. The number of hydrogen-bond acceptors (Lipinski definition) is 4. The van der Waals surface area contributed by atoms with Crippen LogP contribution in [0.3, 0.4) is 0 Å². The second-order valence-electron chi connectivity index (χ2n) is 4.93. The lowest BCUT2D eigenvalue weighted by Crippen LogP contribution is -2.49. The molecule has 0 aromatic carbocycles. The van der Waals surface area contributed by atoms with Gasteiger partial charge in [0.2, 0.25) is 0 Å². The Bertz CT molecular complexity index is 428. The number of nitrogens with zero attached hydrogens (tertiary/aromatic N) is 3. The molecule has 20 heavy (non-hydrogen) atoms. The largest absolute Gasteiger partial charge is 0.401 e. The summed E-state index contributed by atoms with van der Waals surface area (Å²) < 4.78 is 37.0. The Labute approximate surface area is 116 Å². The summed E-state index contributed by atoms with van der Waals surface area (Å²) in [5.41, 5.74) is 1.12. The molecule has 0 bridgehead atoms. The molecule has 2 rings (SSSR count). The van der Waals surface area contributed by atoms with Crippen molar-refractivity contribution < 1.29 is 13.2 Å². The molecule has 112 valence electrons. The molecule has 0 spiro atoms. The second-order valence-corrected chi connectivity index (χ2v) is 4.93. The Balaban J connectivity index is 1.92. The second kappa shape index (κ2) is 6.41. The minimum Gasteiger partial charge on any atom is -0.354 e. The highest BCUT2D eigenvalue weighted by Gasteiger charge is 2.32. The fraction of sp³-hybridized carbons (Fsp3) is 0.615. The van der Waals surface area contributed by atoms with Crippen molar-refractivity contribution in [2.75, 3.05) is 44.7 Å². The van der Waals surface area contributed by atoms with Crippen LogP contribution in [-0.4, -0.2) is 55.8 Å². The van der Waals surface area contributed by atoms with Gasteiger partial charge in [0.05, 0.1) is 6.54 Å². The third kappa shape index (κ3) is 4.35. The van der Waals surface area contributed by atoms with Gasteiger partial charge in [-0.25, -0.2) is 4.98 Å². The van der Waals surface area contributed by atoms with Gasteiger partial charge >= 0.3 is 6.18 Å². The first-order valence-electron chi connectivity index (χ1n) is 6.61. The summed E-state index contributed by atoms with van der Waals surface area (Å²) in [4.78, 5) is 7.77. The van der Waals surface area contributed by atoms with Crippen LogP contribution in [0.5, 0.6) is 0 Å². The van der Waals surface area contributed by atoms with Crippen molar-refractivity contribution in [3.63, 3.8) is 0 Å². The molecule has 1 aliphatic rings. The Morgan fingerprint density at radius 3 is 2.55 bits per heavy atom. The van der Waals surface area contributed by atoms with Gasteiger partial charge in [0, 0.05) is 38.9 Å². The third-order valence-electron chi connectivity index (χ3n) is 3.29. The van der Waals surface area contributed by atoms with Gasteiger partial charge in [-0.1, -0.05) is 0 Å². The van der Waals surface area contributed by atoms with Gasteiger partial charge in [0.25, 0.3) is 0 Å². The molecule has 0 saturated carbocycles. The molecule has 1 fully saturated rings. The van der Waals surface area contributed by atoms with Crippen molar-refractivity contribution >= 4 is 5.82 Å². The molecule has 0 unspecified atom stereocenters. The van der Waals surface area contributed by atoms with E-state index in [-0.39, 0.29) is 0 Å². The van der Waals surface area contributed by atoms with Gasteiger partial charge in [-0.2, -0.15) is 13.2 Å². The monoisotopic (exact) mass is 288 g/mol. The van der Waals surface area contributed by atoms with E-state index in [2.05, 4.69) is 10.3 Å². The average Bonchev–Trinajstić information content (AvgIpc) is 2.38. The van der Waals surface area contributed by atoms with Crippen molar-refractivity contribution in [3.05, 3.63) is 23.9 Å². The number of halogens is 3. The molecule has 0 atom stereocenters. The molecule has 1 aromatic heterocycles. The van der Waals surface area contributed by atoms with E-state index in [0.717, 1.165) is 17.9 Å². The predicted molar refractivity (Wildman–Crippen MR) is 71.7 cm³/mol. The van der Waals surface area contributed by atoms with Crippen molar-refractivity contribution in [1.29, 1.82) is 0 Å². The van der Waals surface area contributed by atoms with E-state index in [0.29, 0.717) is 26.2 Å². The van der Waals surface area contributed by atoms with Crippen LogP contribution >= 0.6 is 0 Å². The maximum atomic E-state index is 12.3. The van der Waals surface area contributed by atoms with E-state index >= 15 is 0 Å². The van der Waals surface area contributed by atoms with E-state index in [1.807, 2.05) is 24.1 Å². The van der Waals surface area contributed by atoms with Crippen molar-refractivity contribution in [2.45, 2.75) is 12.7 Å². The molecule has 1 saturated heterocycles. The molecular formula is C13H19F3N4. The van der Waals surface area contributed by atoms with Crippen LogP contribution in [0.15, 0.2) is 18.3 Å². The summed E-state index contributed by atoms with van der Waals surface area (Å²) >= 11 is 0. The van der Waals surface area contributed by atoms with E-state index in [4.69, 9.17) is 0 Å². The minimum atomic E-state index is -4.12. The van der Waals surface area contributed by atoms with E-state index in [1.165, 1.54) is 4.90 Å². The van der Waals surface area contributed by atoms with Gasteiger partial charge < -0.3 is 10.2 Å². The third-order valence-corrected chi connectivity index (χ3v) is 3.29. The van der Waals surface area contributed by atoms with Crippen LogP contribution in [0.2, 0.25) is 0 Å². The van der Waals surface area contributed by atoms with Crippen LogP contribution in [0, 0.1) is 0 Å². The van der Waals surface area contributed by atoms with Crippen LogP contribution in [0.25, 0.3) is 0 Å². The van der Waals surface area contributed by atoms with E-state index in [9.17, 15) is 13.2 Å². The maximum Gasteiger partial charge on any atom is 0.401 e. The number of nitrogens with one attached hydrogen (secondary N) is 1. The molecule has 1 N–H and O–H groups in total. The standard InChI is InChI=1S/C13H19F3N4/c1-17-9-11-2-3-18-12(8-11)20-6-4-19(5-7-20)10-13(14,15)16/h2-3,8,17H,4-7,9-10H2,1H3. The number of pyridine rings is 1. The van der Waals surface area contributed by atoms with Crippen molar-refractivity contribution in [3.8, 4) is 0 Å². The molecule has 1 aliphatic heterocycles. The normalized spacial score (nSPS) is 17.5. The maximum absolute atomic E-state index is 12.3. The number of alkyl halides is 3. The first kappa shape index (κ1) is 15.1. The van der Waals surface area contributed by atoms with Gasteiger partial charge in [0.15, 0.2) is 0 Å². The summed E-state index contributed by atoms with van der Waals surface area (Å²) in [5.74, 6) is 0.837. The van der Waals surface area contributed by atoms with Crippen molar-refractivity contribution in [2.24, 2.45) is 0 Å². The highest BCUT2D eigenvalue weighted by Crippen LogP contribution is 2.19.